The van der Waals surface area contributed by atoms with Crippen LogP contribution in [0.2, 0.25) is 0 Å². The second-order valence-corrected chi connectivity index (χ2v) is 5.37. The number of hydrogen-bond donors (Lipinski definition) is 5. The maximum atomic E-state index is 11.1. The van der Waals surface area contributed by atoms with Crippen molar-refractivity contribution < 1.29 is 39.4 Å². The molecular formula is C17H27NO8. The maximum absolute atomic E-state index is 11.1. The van der Waals surface area contributed by atoms with E-state index in [1.807, 2.05) is 13.8 Å². The van der Waals surface area contributed by atoms with Crippen LogP contribution in [0.4, 0.5) is 5.69 Å². The first kappa shape index (κ1) is 22.1. The molecule has 0 amide bonds. The Morgan fingerprint density at radius 3 is 2.38 bits per heavy atom. The van der Waals surface area contributed by atoms with E-state index in [2.05, 4.69) is 5.32 Å². The predicted octanol–water partition coefficient (Wildman–Crippen LogP) is 0.172. The number of ether oxygens (including phenoxy) is 3. The number of carbonyl (C=O) groups is 1. The molecule has 1 heterocycles. The molecular weight excluding hydrogens is 346 g/mol. The third kappa shape index (κ3) is 5.05. The number of rotatable bonds is 6. The molecule has 0 radical (unpaired) electrons. The average Bonchev–Trinajstić information content (AvgIpc) is 2.64. The summed E-state index contributed by atoms with van der Waals surface area (Å²) >= 11 is 0. The van der Waals surface area contributed by atoms with Gasteiger partial charge in [0.05, 0.1) is 12.3 Å². The molecule has 0 saturated carbocycles. The van der Waals surface area contributed by atoms with Crippen molar-refractivity contribution in [2.24, 2.45) is 0 Å². The molecule has 1 aromatic carbocycles. The highest BCUT2D eigenvalue weighted by Crippen LogP contribution is 2.30. The molecule has 1 aliphatic rings. The Bertz CT molecular complexity index is 582. The van der Waals surface area contributed by atoms with Gasteiger partial charge in [-0.1, -0.05) is 19.9 Å². The van der Waals surface area contributed by atoms with Gasteiger partial charge < -0.3 is 40.0 Å². The highest BCUT2D eigenvalue weighted by atomic mass is 16.7. The van der Waals surface area contributed by atoms with E-state index in [1.165, 1.54) is 0 Å². The van der Waals surface area contributed by atoms with Crippen molar-refractivity contribution in [3.05, 3.63) is 23.8 Å². The molecule has 0 aliphatic carbocycles. The molecule has 1 aliphatic heterocycles. The summed E-state index contributed by atoms with van der Waals surface area (Å²) in [5, 5.41) is 41.4. The fourth-order valence-corrected chi connectivity index (χ4v) is 2.41. The van der Waals surface area contributed by atoms with Crippen molar-refractivity contribution in [3.8, 4) is 5.75 Å². The number of aliphatic hydroxyl groups excluding tert-OH is 3. The monoisotopic (exact) mass is 373 g/mol. The third-order valence-corrected chi connectivity index (χ3v) is 3.68. The van der Waals surface area contributed by atoms with Crippen LogP contribution in [0.5, 0.6) is 5.75 Å². The predicted molar refractivity (Wildman–Crippen MR) is 93.0 cm³/mol. The molecule has 5 unspecified atom stereocenters. The fraction of sp³-hybridized carbons (Fsp3) is 0.588. The Labute approximate surface area is 152 Å². The summed E-state index contributed by atoms with van der Waals surface area (Å²) in [6.07, 6.45) is -8.25. The smallest absolute Gasteiger partial charge is 0.335 e. The van der Waals surface area contributed by atoms with Crippen LogP contribution in [0.15, 0.2) is 18.2 Å². The molecule has 5 N–H and O–H groups in total. The average molecular weight is 373 g/mol. The van der Waals surface area contributed by atoms with Gasteiger partial charge in [0.1, 0.15) is 24.1 Å². The number of hydrogen-bond acceptors (Lipinski definition) is 8. The second kappa shape index (κ2) is 10.3. The van der Waals surface area contributed by atoms with Crippen LogP contribution in [-0.2, 0) is 20.9 Å². The van der Waals surface area contributed by atoms with Crippen LogP contribution in [0.3, 0.4) is 0 Å². The van der Waals surface area contributed by atoms with Gasteiger partial charge >= 0.3 is 5.97 Å². The van der Waals surface area contributed by atoms with Crippen molar-refractivity contribution in [2.45, 2.75) is 51.2 Å². The van der Waals surface area contributed by atoms with Gasteiger partial charge in [-0.25, -0.2) is 4.79 Å². The van der Waals surface area contributed by atoms with Gasteiger partial charge in [-0.05, 0) is 17.7 Å². The molecule has 1 saturated heterocycles. The Morgan fingerprint density at radius 1 is 1.19 bits per heavy atom. The van der Waals surface area contributed by atoms with Crippen LogP contribution in [0.1, 0.15) is 19.4 Å². The van der Waals surface area contributed by atoms with Gasteiger partial charge in [-0.2, -0.15) is 0 Å². The van der Waals surface area contributed by atoms with Gasteiger partial charge in [0.15, 0.2) is 6.10 Å². The molecule has 1 aromatic rings. The number of nitrogens with one attached hydrogen (secondary N) is 1. The van der Waals surface area contributed by atoms with Gasteiger partial charge in [0, 0.05) is 14.2 Å². The lowest BCUT2D eigenvalue weighted by molar-refractivity contribution is -0.271. The van der Waals surface area contributed by atoms with E-state index in [0.717, 1.165) is 5.56 Å². The zero-order chi connectivity index (χ0) is 19.9. The first-order valence-corrected chi connectivity index (χ1v) is 8.27. The molecule has 0 spiro atoms. The van der Waals surface area contributed by atoms with Crippen molar-refractivity contribution in [2.75, 3.05) is 19.5 Å². The first-order chi connectivity index (χ1) is 12.4. The summed E-state index contributed by atoms with van der Waals surface area (Å²) in [5.74, 6) is -1.18. The quantitative estimate of drug-likeness (QED) is 0.472. The summed E-state index contributed by atoms with van der Waals surface area (Å²) in [7, 11) is 3.23. The topological polar surface area (TPSA) is 138 Å². The maximum Gasteiger partial charge on any atom is 0.335 e. The van der Waals surface area contributed by atoms with Gasteiger partial charge in [-0.15, -0.1) is 0 Å². The molecule has 5 atom stereocenters. The van der Waals surface area contributed by atoms with Crippen molar-refractivity contribution in [1.29, 1.82) is 0 Å². The van der Waals surface area contributed by atoms with E-state index in [1.54, 1.807) is 32.4 Å². The standard InChI is InChI=1S/C15H21NO8.C2H6/c1-16-8-5-7(6-22-2)3-4-9(8)23-15-12(19)10(17)11(18)13(24-15)14(20)21;1-2/h3-5,10-13,15-19H,6H2,1-2H3,(H,20,21);1-2H3. The zero-order valence-electron chi connectivity index (χ0n) is 15.2. The van der Waals surface area contributed by atoms with Crippen LogP contribution < -0.4 is 10.1 Å². The second-order valence-electron chi connectivity index (χ2n) is 5.37. The molecule has 148 valence electrons. The number of anilines is 1. The number of carboxylic acids is 1. The fourth-order valence-electron chi connectivity index (χ4n) is 2.41. The summed E-state index contributed by atoms with van der Waals surface area (Å²) in [4.78, 5) is 11.1. The van der Waals surface area contributed by atoms with E-state index in [9.17, 15) is 20.1 Å². The normalized spacial score (nSPS) is 27.9. The number of benzene rings is 1. The first-order valence-electron chi connectivity index (χ1n) is 8.27. The lowest BCUT2D eigenvalue weighted by Crippen LogP contribution is -2.61. The Balaban J connectivity index is 0.00000163. The minimum Gasteiger partial charge on any atom is -0.479 e. The molecule has 0 aromatic heterocycles. The summed E-state index contributed by atoms with van der Waals surface area (Å²) in [6.45, 7) is 4.39. The summed E-state index contributed by atoms with van der Waals surface area (Å²) in [6, 6.07) is 5.09. The minimum absolute atomic E-state index is 0.286. The zero-order valence-corrected chi connectivity index (χ0v) is 15.2. The molecule has 0 bridgehead atoms. The van der Waals surface area contributed by atoms with E-state index < -0.39 is 36.7 Å². The highest BCUT2D eigenvalue weighted by molar-refractivity contribution is 5.73. The van der Waals surface area contributed by atoms with E-state index in [0.29, 0.717) is 12.3 Å². The van der Waals surface area contributed by atoms with Crippen LogP contribution in [0.25, 0.3) is 0 Å². The van der Waals surface area contributed by atoms with E-state index in [-0.39, 0.29) is 5.75 Å². The van der Waals surface area contributed by atoms with Crippen LogP contribution >= 0.6 is 0 Å². The molecule has 1 fully saturated rings. The Hall–Kier alpha value is -1.91. The largest absolute Gasteiger partial charge is 0.479 e. The van der Waals surface area contributed by atoms with Gasteiger partial charge in [0.25, 0.3) is 0 Å². The van der Waals surface area contributed by atoms with Crippen molar-refractivity contribution in [3.63, 3.8) is 0 Å². The Kier molecular flexibility index (Phi) is 8.76. The third-order valence-electron chi connectivity index (χ3n) is 3.68. The minimum atomic E-state index is -1.76. The lowest BCUT2D eigenvalue weighted by atomic mass is 9.99. The Morgan fingerprint density at radius 2 is 1.85 bits per heavy atom. The number of aliphatic hydroxyl groups is 3. The van der Waals surface area contributed by atoms with Gasteiger partial charge in [-0.3, -0.25) is 0 Å². The number of aliphatic carboxylic acids is 1. The van der Waals surface area contributed by atoms with Crippen LogP contribution in [-0.4, -0.2) is 71.3 Å². The van der Waals surface area contributed by atoms with Crippen LogP contribution in [0, 0.1) is 0 Å². The number of methoxy groups -OCH3 is 1. The van der Waals surface area contributed by atoms with Gasteiger partial charge in [0.2, 0.25) is 6.29 Å². The summed E-state index contributed by atoms with van der Waals surface area (Å²) in [5.41, 5.74) is 1.44. The molecule has 9 heteroatoms. The van der Waals surface area contributed by atoms with E-state index in [4.69, 9.17) is 19.3 Å². The molecule has 9 nitrogen and oxygen atoms in total. The molecule has 26 heavy (non-hydrogen) atoms. The lowest BCUT2D eigenvalue weighted by Gasteiger charge is -2.38. The molecule has 2 rings (SSSR count). The summed E-state index contributed by atoms with van der Waals surface area (Å²) < 4.78 is 15.6. The SMILES string of the molecule is CC.CNc1cc(COC)ccc1OC1OC(C(=O)O)C(O)C(O)C1O. The van der Waals surface area contributed by atoms with Crippen molar-refractivity contribution >= 4 is 11.7 Å². The highest BCUT2D eigenvalue weighted by Gasteiger charge is 2.48. The van der Waals surface area contributed by atoms with Crippen molar-refractivity contribution in [1.82, 2.24) is 0 Å². The number of carboxylic acid groups (broad SMARTS) is 1. The van der Waals surface area contributed by atoms with E-state index >= 15 is 0 Å².